The van der Waals surface area contributed by atoms with E-state index in [0.29, 0.717) is 0 Å². The topological polar surface area (TPSA) is 0 Å². The summed E-state index contributed by atoms with van der Waals surface area (Å²) in [7, 11) is 0. The van der Waals surface area contributed by atoms with Crippen LogP contribution in [-0.4, -0.2) is 0 Å². The van der Waals surface area contributed by atoms with E-state index in [-0.39, 0.29) is 0 Å². The predicted octanol–water partition coefficient (Wildman–Crippen LogP) is 4.81. The van der Waals surface area contributed by atoms with Crippen molar-refractivity contribution in [2.24, 2.45) is 0 Å². The van der Waals surface area contributed by atoms with Crippen molar-refractivity contribution in [3.63, 3.8) is 0 Å². The first-order valence-corrected chi connectivity index (χ1v) is 12.6. The van der Waals surface area contributed by atoms with Gasteiger partial charge in [-0.2, -0.15) is 0 Å². The second kappa shape index (κ2) is 5.00. The molecule has 1 unspecified atom stereocenters. The maximum absolute atomic E-state index is 2.53. The molecule has 1 heteroatoms. The Hall–Kier alpha value is -0.157. The van der Waals surface area contributed by atoms with E-state index < -0.39 is 21.8 Å². The Bertz CT molecular complexity index is 415. The average molecular weight is 293 g/mol. The average Bonchev–Trinajstić information content (AvgIpc) is 2.66. The molecule has 1 atom stereocenters. The van der Waals surface area contributed by atoms with Crippen LogP contribution in [0.3, 0.4) is 0 Å². The molecule has 1 aliphatic rings. The van der Waals surface area contributed by atoms with Gasteiger partial charge in [-0.15, -0.1) is 0 Å². The van der Waals surface area contributed by atoms with E-state index in [9.17, 15) is 0 Å². The summed E-state index contributed by atoms with van der Waals surface area (Å²) < 4.78 is 5.92. The van der Waals surface area contributed by atoms with Crippen molar-refractivity contribution in [2.75, 3.05) is 0 Å². The van der Waals surface area contributed by atoms with Gasteiger partial charge in [0.2, 0.25) is 0 Å². The minimum absolute atomic E-state index is 0.855. The summed E-state index contributed by atoms with van der Waals surface area (Å²) in [5.74, 6) is 0. The molecule has 0 aromatic heterocycles. The Balaban J connectivity index is 2.53. The van der Waals surface area contributed by atoms with Crippen LogP contribution < -0.4 is 0 Å². The van der Waals surface area contributed by atoms with Crippen molar-refractivity contribution < 1.29 is 21.8 Å². The summed E-state index contributed by atoms with van der Waals surface area (Å²) in [6.07, 6.45) is 4.89. The van der Waals surface area contributed by atoms with Gasteiger partial charge in [-0.25, -0.2) is 0 Å². The van der Waals surface area contributed by atoms with Gasteiger partial charge in [0.1, 0.15) is 0 Å². The third-order valence-electron chi connectivity index (χ3n) is 3.61. The summed E-state index contributed by atoms with van der Waals surface area (Å²) in [5.41, 5.74) is 6.45. The SMILES string of the molecule is CCC1=Cc2c(CC)cccc2[CH]1[Zr]([CH3])[CH3]. The zero-order valence-corrected chi connectivity index (χ0v) is 13.3. The van der Waals surface area contributed by atoms with E-state index in [2.05, 4.69) is 47.4 Å². The van der Waals surface area contributed by atoms with E-state index in [1.807, 2.05) is 0 Å². The van der Waals surface area contributed by atoms with Gasteiger partial charge in [0.05, 0.1) is 0 Å². The summed E-state index contributed by atoms with van der Waals surface area (Å²) in [6.45, 7) is 4.57. The van der Waals surface area contributed by atoms with Crippen molar-refractivity contribution in [2.45, 2.75) is 39.6 Å². The van der Waals surface area contributed by atoms with Crippen LogP contribution in [0.2, 0.25) is 9.26 Å². The molecule has 0 saturated carbocycles. The van der Waals surface area contributed by atoms with Crippen molar-refractivity contribution in [1.82, 2.24) is 0 Å². The van der Waals surface area contributed by atoms with Gasteiger partial charge in [0.15, 0.2) is 0 Å². The first kappa shape index (κ1) is 12.3. The van der Waals surface area contributed by atoms with Crippen LogP contribution in [0, 0.1) is 0 Å². The fourth-order valence-electron chi connectivity index (χ4n) is 2.83. The molecule has 0 amide bonds. The summed E-state index contributed by atoms with van der Waals surface area (Å²) in [5, 5.41) is 0. The molecule has 0 fully saturated rings. The Morgan fingerprint density at radius 2 is 1.88 bits per heavy atom. The molecule has 1 aliphatic carbocycles. The fraction of sp³-hybridized carbons (Fsp3) is 0.467. The van der Waals surface area contributed by atoms with Crippen molar-refractivity contribution in [3.8, 4) is 0 Å². The molecule has 2 rings (SSSR count). The number of aryl methyl sites for hydroxylation is 1. The van der Waals surface area contributed by atoms with Crippen molar-refractivity contribution in [3.05, 3.63) is 40.5 Å². The van der Waals surface area contributed by atoms with Gasteiger partial charge < -0.3 is 0 Å². The molecular weight excluding hydrogens is 271 g/mol. The van der Waals surface area contributed by atoms with E-state index >= 15 is 0 Å². The fourth-order valence-corrected chi connectivity index (χ4v) is 7.50. The van der Waals surface area contributed by atoms with Gasteiger partial charge in [-0.05, 0) is 0 Å². The molecule has 0 aliphatic heterocycles. The summed E-state index contributed by atoms with van der Waals surface area (Å²) >= 11 is -1.19. The minimum atomic E-state index is -1.19. The number of hydrogen-bond acceptors (Lipinski definition) is 0. The third-order valence-corrected chi connectivity index (χ3v) is 8.12. The monoisotopic (exact) mass is 291 g/mol. The predicted molar refractivity (Wildman–Crippen MR) is 68.6 cm³/mol. The first-order valence-electron chi connectivity index (χ1n) is 6.31. The van der Waals surface area contributed by atoms with E-state index in [4.69, 9.17) is 0 Å². The van der Waals surface area contributed by atoms with Crippen molar-refractivity contribution in [1.29, 1.82) is 0 Å². The second-order valence-corrected chi connectivity index (χ2v) is 11.6. The molecule has 0 spiro atoms. The quantitative estimate of drug-likeness (QED) is 0.750. The molecule has 0 nitrogen and oxygen atoms in total. The molecule has 16 heavy (non-hydrogen) atoms. The zero-order valence-electron chi connectivity index (χ0n) is 10.8. The Kier molecular flexibility index (Phi) is 3.85. The standard InChI is InChI=1S/C13H15.2CH3.Zr/c1-3-10-8-12-7-5-6-11(4-2)13(12)9-10;;;/h5-9H,3-4H2,1-2H3;2*1H3;. The molecule has 0 N–H and O–H groups in total. The number of hydrogen-bond donors (Lipinski definition) is 0. The normalized spacial score (nSPS) is 18.2. The van der Waals surface area contributed by atoms with Crippen LogP contribution in [-0.2, 0) is 28.2 Å². The number of allylic oxidation sites excluding steroid dienone is 1. The van der Waals surface area contributed by atoms with Gasteiger partial charge in [-0.1, -0.05) is 0 Å². The number of rotatable bonds is 3. The van der Waals surface area contributed by atoms with E-state index in [1.54, 1.807) is 16.7 Å². The van der Waals surface area contributed by atoms with Crippen LogP contribution in [0.5, 0.6) is 0 Å². The van der Waals surface area contributed by atoms with Gasteiger partial charge in [0.25, 0.3) is 0 Å². The first-order chi connectivity index (χ1) is 7.69. The zero-order chi connectivity index (χ0) is 11.7. The second-order valence-electron chi connectivity index (χ2n) is 4.86. The third kappa shape index (κ3) is 1.99. The van der Waals surface area contributed by atoms with Crippen LogP contribution in [0.4, 0.5) is 0 Å². The molecule has 1 aromatic rings. The molecule has 85 valence electrons. The number of fused-ring (bicyclic) bond motifs is 1. The molecule has 0 saturated heterocycles. The molecular formula is C15H21Zr. The Morgan fingerprint density at radius 3 is 2.44 bits per heavy atom. The van der Waals surface area contributed by atoms with Crippen LogP contribution in [0.15, 0.2) is 23.8 Å². The van der Waals surface area contributed by atoms with Crippen LogP contribution >= 0.6 is 0 Å². The van der Waals surface area contributed by atoms with E-state index in [0.717, 1.165) is 10.0 Å². The Labute approximate surface area is 107 Å². The van der Waals surface area contributed by atoms with Crippen LogP contribution in [0.25, 0.3) is 6.08 Å². The number of benzene rings is 1. The molecule has 0 bridgehead atoms. The Morgan fingerprint density at radius 1 is 1.12 bits per heavy atom. The van der Waals surface area contributed by atoms with Gasteiger partial charge >= 0.3 is 108 Å². The summed E-state index contributed by atoms with van der Waals surface area (Å²) in [6, 6.07) is 6.91. The molecule has 0 heterocycles. The van der Waals surface area contributed by atoms with Gasteiger partial charge in [0, 0.05) is 0 Å². The summed E-state index contributed by atoms with van der Waals surface area (Å²) in [4.78, 5) is 0. The maximum atomic E-state index is 2.53. The van der Waals surface area contributed by atoms with E-state index in [1.165, 1.54) is 12.0 Å². The molecule has 1 aromatic carbocycles. The van der Waals surface area contributed by atoms with Crippen LogP contribution in [0.1, 0.15) is 40.6 Å². The van der Waals surface area contributed by atoms with Crippen molar-refractivity contribution >= 4 is 6.08 Å². The van der Waals surface area contributed by atoms with Gasteiger partial charge in [-0.3, -0.25) is 0 Å². The molecule has 0 radical (unpaired) electrons.